The van der Waals surface area contributed by atoms with Crippen LogP contribution in [0.5, 0.6) is 0 Å². The average Bonchev–Trinajstić information content (AvgIpc) is 2.85. The summed E-state index contributed by atoms with van der Waals surface area (Å²) in [6, 6.07) is 0.631. The number of methoxy groups -OCH3 is 1. The summed E-state index contributed by atoms with van der Waals surface area (Å²) < 4.78 is 7.53. The van der Waals surface area contributed by atoms with Crippen LogP contribution >= 0.6 is 0 Å². The topological polar surface area (TPSA) is 39.1 Å². The van der Waals surface area contributed by atoms with E-state index < -0.39 is 0 Å². The molecule has 0 aliphatic heterocycles. The lowest BCUT2D eigenvalue weighted by molar-refractivity contribution is 0.128. The summed E-state index contributed by atoms with van der Waals surface area (Å²) in [5.41, 5.74) is 0. The summed E-state index contributed by atoms with van der Waals surface area (Å²) in [5, 5.41) is 3.37. The predicted octanol–water partition coefficient (Wildman–Crippen LogP) is 2.84. The fraction of sp³-hybridized carbons (Fsp3) is 0.769. The zero-order valence-electron chi connectivity index (χ0n) is 10.9. The number of imidazole rings is 1. The van der Waals surface area contributed by atoms with Crippen molar-refractivity contribution in [3.8, 4) is 0 Å². The molecule has 0 radical (unpaired) electrons. The van der Waals surface area contributed by atoms with Crippen LogP contribution in [0.3, 0.4) is 0 Å². The van der Waals surface area contributed by atoms with E-state index >= 15 is 0 Å². The third kappa shape index (κ3) is 3.22. The molecule has 2 rings (SSSR count). The van der Waals surface area contributed by atoms with E-state index in [1.54, 1.807) is 7.11 Å². The highest BCUT2D eigenvalue weighted by Gasteiger charge is 2.17. The molecule has 1 unspecified atom stereocenters. The minimum Gasteiger partial charge on any atom is -0.380 e. The molecule has 0 aromatic carbocycles. The monoisotopic (exact) mass is 237 g/mol. The maximum atomic E-state index is 5.23. The Labute approximate surface area is 103 Å². The number of anilines is 1. The largest absolute Gasteiger partial charge is 0.380 e. The van der Waals surface area contributed by atoms with Gasteiger partial charge in [-0.2, -0.15) is 0 Å². The molecule has 1 fully saturated rings. The summed E-state index contributed by atoms with van der Waals surface area (Å²) in [5.74, 6) is 0.987. The second-order valence-electron chi connectivity index (χ2n) is 4.88. The predicted molar refractivity (Wildman–Crippen MR) is 69.3 cm³/mol. The van der Waals surface area contributed by atoms with Gasteiger partial charge in [0.2, 0.25) is 5.95 Å². The van der Waals surface area contributed by atoms with Crippen LogP contribution in [0, 0.1) is 0 Å². The van der Waals surface area contributed by atoms with Crippen LogP contribution in [-0.2, 0) is 4.74 Å². The van der Waals surface area contributed by atoms with Gasteiger partial charge in [0, 0.05) is 32.1 Å². The number of nitrogens with one attached hydrogen (secondary N) is 1. The van der Waals surface area contributed by atoms with Gasteiger partial charge < -0.3 is 14.6 Å². The number of hydrogen-bond acceptors (Lipinski definition) is 3. The molecule has 0 spiro atoms. The van der Waals surface area contributed by atoms with E-state index in [4.69, 9.17) is 4.74 Å². The summed E-state index contributed by atoms with van der Waals surface area (Å²) in [6.45, 7) is 2.86. The lowest BCUT2D eigenvalue weighted by atomic mass is 9.95. The van der Waals surface area contributed by atoms with Crippen molar-refractivity contribution < 1.29 is 4.74 Å². The van der Waals surface area contributed by atoms with Gasteiger partial charge in [0.25, 0.3) is 0 Å². The molecule has 1 N–H and O–H groups in total. The standard InChI is InChI=1S/C13H23N3O/c1-11(17-2)10-15-13-14-8-9-16(13)12-6-4-3-5-7-12/h8-9,11-12H,3-7,10H2,1-2H3,(H,14,15). The Bertz CT molecular complexity index is 331. The van der Waals surface area contributed by atoms with Crippen molar-refractivity contribution in [1.82, 2.24) is 9.55 Å². The van der Waals surface area contributed by atoms with Crippen LogP contribution < -0.4 is 5.32 Å². The maximum absolute atomic E-state index is 5.23. The van der Waals surface area contributed by atoms with Gasteiger partial charge in [-0.3, -0.25) is 0 Å². The van der Waals surface area contributed by atoms with Gasteiger partial charge in [0.05, 0.1) is 6.10 Å². The molecule has 1 heterocycles. The van der Waals surface area contributed by atoms with Gasteiger partial charge in [0.15, 0.2) is 0 Å². The molecule has 1 atom stereocenters. The van der Waals surface area contributed by atoms with E-state index in [1.807, 2.05) is 6.20 Å². The van der Waals surface area contributed by atoms with E-state index in [0.29, 0.717) is 6.04 Å². The van der Waals surface area contributed by atoms with Gasteiger partial charge in [-0.05, 0) is 19.8 Å². The molecule has 4 heteroatoms. The fourth-order valence-corrected chi connectivity index (χ4v) is 2.42. The molecule has 0 saturated heterocycles. The minimum atomic E-state index is 0.214. The normalized spacial score (nSPS) is 19.2. The van der Waals surface area contributed by atoms with Gasteiger partial charge in [-0.25, -0.2) is 4.98 Å². The van der Waals surface area contributed by atoms with E-state index in [9.17, 15) is 0 Å². The minimum absolute atomic E-state index is 0.214. The van der Waals surface area contributed by atoms with Crippen LogP contribution in [0.4, 0.5) is 5.95 Å². The molecular weight excluding hydrogens is 214 g/mol. The van der Waals surface area contributed by atoms with Crippen molar-refractivity contribution in [2.75, 3.05) is 19.0 Å². The zero-order valence-corrected chi connectivity index (χ0v) is 10.9. The SMILES string of the molecule is COC(C)CNc1nccn1C1CCCCC1. The maximum Gasteiger partial charge on any atom is 0.203 e. The Morgan fingerprint density at radius 2 is 2.24 bits per heavy atom. The van der Waals surface area contributed by atoms with Crippen molar-refractivity contribution in [3.05, 3.63) is 12.4 Å². The summed E-state index contributed by atoms with van der Waals surface area (Å²) >= 11 is 0. The van der Waals surface area contributed by atoms with Gasteiger partial charge in [-0.1, -0.05) is 19.3 Å². The Morgan fingerprint density at radius 3 is 2.94 bits per heavy atom. The highest BCUT2D eigenvalue weighted by atomic mass is 16.5. The summed E-state index contributed by atoms with van der Waals surface area (Å²) in [7, 11) is 1.74. The fourth-order valence-electron chi connectivity index (χ4n) is 2.42. The Balaban J connectivity index is 1.95. The highest BCUT2D eigenvalue weighted by molar-refractivity contribution is 5.27. The molecule has 4 nitrogen and oxygen atoms in total. The highest BCUT2D eigenvalue weighted by Crippen LogP contribution is 2.30. The molecule has 1 aromatic heterocycles. The number of hydrogen-bond donors (Lipinski definition) is 1. The van der Waals surface area contributed by atoms with Crippen LogP contribution in [0.15, 0.2) is 12.4 Å². The van der Waals surface area contributed by atoms with Crippen molar-refractivity contribution in [2.24, 2.45) is 0 Å². The lowest BCUT2D eigenvalue weighted by Crippen LogP contribution is -2.22. The summed E-state index contributed by atoms with van der Waals surface area (Å²) in [6.07, 6.45) is 10.8. The molecule has 17 heavy (non-hydrogen) atoms. The average molecular weight is 237 g/mol. The first-order valence-electron chi connectivity index (χ1n) is 6.60. The quantitative estimate of drug-likeness (QED) is 0.856. The smallest absolute Gasteiger partial charge is 0.203 e. The molecule has 1 aromatic rings. The first-order chi connectivity index (χ1) is 8.31. The van der Waals surface area contributed by atoms with E-state index in [-0.39, 0.29) is 6.10 Å². The van der Waals surface area contributed by atoms with E-state index in [0.717, 1.165) is 12.5 Å². The van der Waals surface area contributed by atoms with Gasteiger partial charge in [-0.15, -0.1) is 0 Å². The molecule has 96 valence electrons. The Hall–Kier alpha value is -1.03. The van der Waals surface area contributed by atoms with Crippen LogP contribution in [-0.4, -0.2) is 29.3 Å². The third-order valence-corrected chi connectivity index (χ3v) is 3.59. The Morgan fingerprint density at radius 1 is 1.47 bits per heavy atom. The number of aromatic nitrogens is 2. The molecule has 1 saturated carbocycles. The van der Waals surface area contributed by atoms with Gasteiger partial charge in [0.1, 0.15) is 0 Å². The third-order valence-electron chi connectivity index (χ3n) is 3.59. The van der Waals surface area contributed by atoms with Crippen LogP contribution in [0.2, 0.25) is 0 Å². The molecular formula is C13H23N3O. The van der Waals surface area contributed by atoms with Crippen molar-refractivity contribution >= 4 is 5.95 Å². The van der Waals surface area contributed by atoms with Crippen molar-refractivity contribution in [2.45, 2.75) is 51.2 Å². The van der Waals surface area contributed by atoms with Crippen molar-refractivity contribution in [1.29, 1.82) is 0 Å². The van der Waals surface area contributed by atoms with E-state index in [1.165, 1.54) is 32.1 Å². The van der Waals surface area contributed by atoms with Crippen LogP contribution in [0.25, 0.3) is 0 Å². The first-order valence-corrected chi connectivity index (χ1v) is 6.60. The molecule has 1 aliphatic rings. The number of rotatable bonds is 5. The Kier molecular flexibility index (Phi) is 4.42. The lowest BCUT2D eigenvalue weighted by Gasteiger charge is -2.25. The number of nitrogens with zero attached hydrogens (tertiary/aromatic N) is 2. The summed E-state index contributed by atoms with van der Waals surface area (Å²) in [4.78, 5) is 4.39. The van der Waals surface area contributed by atoms with Crippen LogP contribution in [0.1, 0.15) is 45.1 Å². The second-order valence-corrected chi connectivity index (χ2v) is 4.88. The number of ether oxygens (including phenoxy) is 1. The first kappa shape index (κ1) is 12.4. The molecule has 0 amide bonds. The van der Waals surface area contributed by atoms with Gasteiger partial charge >= 0.3 is 0 Å². The second kappa shape index (κ2) is 6.05. The molecule has 1 aliphatic carbocycles. The molecule has 0 bridgehead atoms. The zero-order chi connectivity index (χ0) is 12.1. The van der Waals surface area contributed by atoms with Crippen molar-refractivity contribution in [3.63, 3.8) is 0 Å². The van der Waals surface area contributed by atoms with E-state index in [2.05, 4.69) is 28.0 Å².